The molecule has 0 aliphatic rings. The molecule has 4 heteroatoms. The predicted molar refractivity (Wildman–Crippen MR) is 66.6 cm³/mol. The van der Waals surface area contributed by atoms with Crippen LogP contribution in [0.4, 0.5) is 0 Å². The highest BCUT2D eigenvalue weighted by atomic mass is 16.7. The van der Waals surface area contributed by atoms with Crippen LogP contribution in [0, 0.1) is 5.92 Å². The van der Waals surface area contributed by atoms with E-state index >= 15 is 0 Å². The first-order chi connectivity index (χ1) is 7.81. The van der Waals surface area contributed by atoms with Crippen molar-refractivity contribution in [2.24, 2.45) is 5.92 Å². The van der Waals surface area contributed by atoms with Crippen LogP contribution in [0.2, 0.25) is 0 Å². The summed E-state index contributed by atoms with van der Waals surface area (Å²) < 4.78 is 16.1. The second-order valence-electron chi connectivity index (χ2n) is 5.08. The van der Waals surface area contributed by atoms with Crippen molar-refractivity contribution in [2.45, 2.75) is 66.5 Å². The molecule has 0 aromatic heterocycles. The van der Waals surface area contributed by atoms with E-state index in [0.29, 0.717) is 12.5 Å². The third-order valence-electron chi connectivity index (χ3n) is 1.76. The number of esters is 1. The summed E-state index contributed by atoms with van der Waals surface area (Å²) in [5.41, 5.74) is 0. The Morgan fingerprint density at radius 1 is 0.941 bits per heavy atom. The molecule has 0 N–H and O–H groups in total. The van der Waals surface area contributed by atoms with Gasteiger partial charge in [0, 0.05) is 0 Å². The maximum Gasteiger partial charge on any atom is 0.310 e. The molecule has 102 valence electrons. The summed E-state index contributed by atoms with van der Waals surface area (Å²) in [6.07, 6.45) is -0.328. The molecule has 0 aromatic rings. The first-order valence-electron chi connectivity index (χ1n) is 6.27. The summed E-state index contributed by atoms with van der Waals surface area (Å²) in [7, 11) is 0. The van der Waals surface area contributed by atoms with Gasteiger partial charge in [0.05, 0.1) is 25.2 Å². The van der Waals surface area contributed by atoms with E-state index in [1.54, 1.807) is 0 Å². The second kappa shape index (κ2) is 8.48. The fourth-order valence-electron chi connectivity index (χ4n) is 1.19. The van der Waals surface area contributed by atoms with Crippen LogP contribution in [0.25, 0.3) is 0 Å². The van der Waals surface area contributed by atoms with Crippen molar-refractivity contribution < 1.29 is 19.0 Å². The van der Waals surface area contributed by atoms with Gasteiger partial charge in [-0.2, -0.15) is 0 Å². The van der Waals surface area contributed by atoms with Gasteiger partial charge < -0.3 is 14.2 Å². The Kier molecular flexibility index (Phi) is 8.17. The van der Waals surface area contributed by atoms with E-state index in [9.17, 15) is 4.79 Å². The van der Waals surface area contributed by atoms with E-state index in [1.807, 2.05) is 41.5 Å². The Morgan fingerprint density at radius 2 is 1.41 bits per heavy atom. The topological polar surface area (TPSA) is 44.8 Å². The molecule has 0 heterocycles. The predicted octanol–water partition coefficient (Wildman–Crippen LogP) is 2.75. The highest BCUT2D eigenvalue weighted by Crippen LogP contribution is 2.09. The van der Waals surface area contributed by atoms with E-state index in [1.165, 1.54) is 0 Å². The minimum absolute atomic E-state index is 0.0247. The smallest absolute Gasteiger partial charge is 0.310 e. The molecule has 0 atom stereocenters. The number of hydrogen-bond donors (Lipinski definition) is 0. The molecule has 0 fully saturated rings. The zero-order chi connectivity index (χ0) is 13.4. The lowest BCUT2D eigenvalue weighted by Gasteiger charge is -2.22. The summed E-state index contributed by atoms with van der Waals surface area (Å²) in [5, 5.41) is 0. The highest BCUT2D eigenvalue weighted by molar-refractivity contribution is 5.69. The average molecular weight is 246 g/mol. The van der Waals surface area contributed by atoms with Gasteiger partial charge >= 0.3 is 5.97 Å². The summed E-state index contributed by atoms with van der Waals surface area (Å²) in [6.45, 7) is 12.1. The Balaban J connectivity index is 4.08. The molecule has 0 rings (SSSR count). The molecule has 0 spiro atoms. The molecule has 4 nitrogen and oxygen atoms in total. The minimum Gasteiger partial charge on any atom is -0.465 e. The lowest BCUT2D eigenvalue weighted by Crippen LogP contribution is -2.28. The third-order valence-corrected chi connectivity index (χ3v) is 1.76. The molecule has 0 saturated carbocycles. The van der Waals surface area contributed by atoms with Crippen molar-refractivity contribution in [3.63, 3.8) is 0 Å². The highest BCUT2D eigenvalue weighted by Gasteiger charge is 2.19. The van der Waals surface area contributed by atoms with Crippen LogP contribution in [0.15, 0.2) is 0 Å². The maximum absolute atomic E-state index is 11.5. The lowest BCUT2D eigenvalue weighted by molar-refractivity contribution is -0.193. The van der Waals surface area contributed by atoms with Gasteiger partial charge in [0.1, 0.15) is 0 Å². The molecular weight excluding hydrogens is 220 g/mol. The van der Waals surface area contributed by atoms with E-state index in [0.717, 1.165) is 0 Å². The van der Waals surface area contributed by atoms with Gasteiger partial charge in [0.2, 0.25) is 0 Å². The number of rotatable bonds is 8. The van der Waals surface area contributed by atoms with Gasteiger partial charge in [-0.15, -0.1) is 0 Å². The first kappa shape index (κ1) is 16.4. The molecule has 0 aliphatic heterocycles. The number of ether oxygens (including phenoxy) is 3. The molecule has 0 radical (unpaired) electrons. The second-order valence-corrected chi connectivity index (χ2v) is 5.08. The summed E-state index contributed by atoms with van der Waals surface area (Å²) in [5.74, 6) is 0.0689. The third kappa shape index (κ3) is 10.3. The zero-order valence-electron chi connectivity index (χ0n) is 11.9. The molecule has 0 unspecified atom stereocenters. The Hall–Kier alpha value is -0.610. The average Bonchev–Trinajstić information content (AvgIpc) is 2.12. The molecule has 17 heavy (non-hydrogen) atoms. The maximum atomic E-state index is 11.5. The van der Waals surface area contributed by atoms with Crippen molar-refractivity contribution in [3.8, 4) is 0 Å². The van der Waals surface area contributed by atoms with Gasteiger partial charge in [0.25, 0.3) is 0 Å². The first-order valence-corrected chi connectivity index (χ1v) is 6.27. The SMILES string of the molecule is CC(C)COC(=O)CC(OC(C)C)OC(C)C. The van der Waals surface area contributed by atoms with Crippen molar-refractivity contribution >= 4 is 5.97 Å². The zero-order valence-corrected chi connectivity index (χ0v) is 11.9. The van der Waals surface area contributed by atoms with Crippen LogP contribution < -0.4 is 0 Å². The summed E-state index contributed by atoms with van der Waals surface area (Å²) in [6, 6.07) is 0. The van der Waals surface area contributed by atoms with Gasteiger partial charge in [0.15, 0.2) is 6.29 Å². The lowest BCUT2D eigenvalue weighted by atomic mass is 10.2. The van der Waals surface area contributed by atoms with Crippen LogP contribution in [-0.4, -0.2) is 31.1 Å². The van der Waals surface area contributed by atoms with Gasteiger partial charge in [-0.3, -0.25) is 4.79 Å². The fraction of sp³-hybridized carbons (Fsp3) is 0.923. The van der Waals surface area contributed by atoms with Crippen molar-refractivity contribution in [1.29, 1.82) is 0 Å². The van der Waals surface area contributed by atoms with Crippen LogP contribution in [0.3, 0.4) is 0 Å². The van der Waals surface area contributed by atoms with E-state index in [4.69, 9.17) is 14.2 Å². The molecule has 0 aromatic carbocycles. The summed E-state index contributed by atoms with van der Waals surface area (Å²) in [4.78, 5) is 11.5. The molecule has 0 bridgehead atoms. The van der Waals surface area contributed by atoms with Crippen LogP contribution in [0.1, 0.15) is 48.0 Å². The largest absolute Gasteiger partial charge is 0.465 e. The Bertz CT molecular complexity index is 201. The van der Waals surface area contributed by atoms with Gasteiger partial charge in [-0.1, -0.05) is 13.8 Å². The standard InChI is InChI=1S/C13H26O4/c1-9(2)8-15-12(14)7-13(16-10(3)4)17-11(5)6/h9-11,13H,7-8H2,1-6H3. The van der Waals surface area contributed by atoms with E-state index in [2.05, 4.69) is 0 Å². The Morgan fingerprint density at radius 3 is 1.76 bits per heavy atom. The van der Waals surface area contributed by atoms with Crippen LogP contribution in [0.5, 0.6) is 0 Å². The Labute approximate surface area is 105 Å². The quantitative estimate of drug-likeness (QED) is 0.488. The molecular formula is C13H26O4. The fourth-order valence-corrected chi connectivity index (χ4v) is 1.19. The number of hydrogen-bond acceptors (Lipinski definition) is 4. The number of carbonyl (C=O) groups is 1. The van der Waals surface area contributed by atoms with Crippen molar-refractivity contribution in [2.75, 3.05) is 6.61 Å². The van der Waals surface area contributed by atoms with Crippen LogP contribution in [-0.2, 0) is 19.0 Å². The molecule has 0 amide bonds. The van der Waals surface area contributed by atoms with Gasteiger partial charge in [-0.05, 0) is 33.6 Å². The normalized spacial score (nSPS) is 11.9. The van der Waals surface area contributed by atoms with Crippen molar-refractivity contribution in [3.05, 3.63) is 0 Å². The minimum atomic E-state index is -0.519. The van der Waals surface area contributed by atoms with Crippen molar-refractivity contribution in [1.82, 2.24) is 0 Å². The monoisotopic (exact) mass is 246 g/mol. The van der Waals surface area contributed by atoms with E-state index in [-0.39, 0.29) is 24.6 Å². The molecule has 0 aliphatic carbocycles. The van der Waals surface area contributed by atoms with Gasteiger partial charge in [-0.25, -0.2) is 0 Å². The van der Waals surface area contributed by atoms with Crippen LogP contribution >= 0.6 is 0 Å². The van der Waals surface area contributed by atoms with E-state index < -0.39 is 6.29 Å². The summed E-state index contributed by atoms with van der Waals surface area (Å²) >= 11 is 0. The molecule has 0 saturated heterocycles. The number of carbonyl (C=O) groups excluding carboxylic acids is 1.